The molecule has 1 saturated heterocycles. The van der Waals surface area contributed by atoms with Crippen molar-refractivity contribution in [3.63, 3.8) is 0 Å². The minimum Gasteiger partial charge on any atom is -0.308 e. The monoisotopic (exact) mass is 304 g/mol. The molecule has 0 bridgehead atoms. The van der Waals surface area contributed by atoms with Crippen molar-refractivity contribution in [1.29, 1.82) is 0 Å². The number of hydrogen-bond acceptors (Lipinski definition) is 2. The van der Waals surface area contributed by atoms with Crippen LogP contribution in [0.3, 0.4) is 0 Å². The number of piperazine rings is 1. The van der Waals surface area contributed by atoms with Gasteiger partial charge in [-0.15, -0.1) is 0 Å². The Bertz CT molecular complexity index is 603. The zero-order valence-electron chi connectivity index (χ0n) is 11.7. The molecule has 1 atom stereocenters. The van der Waals surface area contributed by atoms with Gasteiger partial charge in [-0.05, 0) is 23.8 Å². The van der Waals surface area contributed by atoms with E-state index in [2.05, 4.69) is 22.3 Å². The molecule has 2 aromatic rings. The van der Waals surface area contributed by atoms with Gasteiger partial charge in [0.1, 0.15) is 5.82 Å². The van der Waals surface area contributed by atoms with Crippen LogP contribution in [0.25, 0.3) is 0 Å². The summed E-state index contributed by atoms with van der Waals surface area (Å²) in [6, 6.07) is 15.4. The van der Waals surface area contributed by atoms with Crippen molar-refractivity contribution >= 4 is 11.6 Å². The summed E-state index contributed by atoms with van der Waals surface area (Å²) in [7, 11) is 0. The number of benzene rings is 2. The Hall–Kier alpha value is -1.42. The Kier molecular flexibility index (Phi) is 4.54. The fourth-order valence-electron chi connectivity index (χ4n) is 2.77. The first kappa shape index (κ1) is 14.5. The molecule has 2 nitrogen and oxygen atoms in total. The molecule has 1 N–H and O–H groups in total. The van der Waals surface area contributed by atoms with Gasteiger partial charge in [0, 0.05) is 42.8 Å². The van der Waals surface area contributed by atoms with Crippen LogP contribution in [0.1, 0.15) is 17.2 Å². The molecule has 1 aliphatic heterocycles. The zero-order valence-corrected chi connectivity index (χ0v) is 12.5. The third kappa shape index (κ3) is 3.62. The van der Waals surface area contributed by atoms with Crippen LogP contribution in [0, 0.1) is 5.82 Å². The second-order valence-electron chi connectivity index (χ2n) is 5.39. The number of halogens is 2. The third-order valence-corrected chi connectivity index (χ3v) is 4.10. The average molecular weight is 305 g/mol. The van der Waals surface area contributed by atoms with Crippen LogP contribution in [-0.2, 0) is 6.54 Å². The van der Waals surface area contributed by atoms with E-state index in [4.69, 9.17) is 11.6 Å². The van der Waals surface area contributed by atoms with Crippen LogP contribution < -0.4 is 5.32 Å². The maximum atomic E-state index is 13.8. The van der Waals surface area contributed by atoms with E-state index in [-0.39, 0.29) is 5.82 Å². The van der Waals surface area contributed by atoms with Gasteiger partial charge < -0.3 is 5.32 Å². The first-order valence-corrected chi connectivity index (χ1v) is 7.55. The van der Waals surface area contributed by atoms with Gasteiger partial charge in [0.2, 0.25) is 0 Å². The van der Waals surface area contributed by atoms with E-state index in [0.717, 1.165) is 19.6 Å². The summed E-state index contributed by atoms with van der Waals surface area (Å²) in [6.07, 6.45) is 0. The van der Waals surface area contributed by atoms with E-state index >= 15 is 0 Å². The predicted octanol–water partition coefficient (Wildman–Crippen LogP) is 3.63. The minimum absolute atomic E-state index is 0.186. The molecular formula is C17H18ClFN2. The van der Waals surface area contributed by atoms with Gasteiger partial charge in [-0.2, -0.15) is 0 Å². The van der Waals surface area contributed by atoms with E-state index in [1.54, 1.807) is 12.1 Å². The Balaban J connectivity index is 1.70. The molecule has 0 amide bonds. The molecule has 21 heavy (non-hydrogen) atoms. The molecular weight excluding hydrogens is 287 g/mol. The molecule has 0 aromatic heterocycles. The van der Waals surface area contributed by atoms with Gasteiger partial charge in [0.05, 0.1) is 0 Å². The molecule has 1 aliphatic rings. The van der Waals surface area contributed by atoms with Crippen LogP contribution in [0.5, 0.6) is 0 Å². The molecule has 3 rings (SSSR count). The van der Waals surface area contributed by atoms with E-state index in [1.165, 1.54) is 11.6 Å². The van der Waals surface area contributed by atoms with Crippen molar-refractivity contribution in [2.75, 3.05) is 19.6 Å². The number of nitrogens with one attached hydrogen (secondary N) is 1. The lowest BCUT2D eigenvalue weighted by atomic mass is 10.0. The first-order chi connectivity index (χ1) is 10.2. The predicted molar refractivity (Wildman–Crippen MR) is 83.9 cm³/mol. The average Bonchev–Trinajstić information content (AvgIpc) is 2.52. The molecule has 0 spiro atoms. The van der Waals surface area contributed by atoms with Crippen molar-refractivity contribution in [3.05, 3.63) is 70.5 Å². The van der Waals surface area contributed by atoms with Crippen molar-refractivity contribution in [1.82, 2.24) is 10.2 Å². The molecule has 0 aliphatic carbocycles. The van der Waals surface area contributed by atoms with Crippen LogP contribution in [0.2, 0.25) is 5.02 Å². The van der Waals surface area contributed by atoms with E-state index < -0.39 is 0 Å². The van der Waals surface area contributed by atoms with Crippen LogP contribution in [0.4, 0.5) is 4.39 Å². The number of hydrogen-bond donors (Lipinski definition) is 1. The zero-order chi connectivity index (χ0) is 14.7. The fourth-order valence-corrected chi connectivity index (χ4v) is 2.96. The lowest BCUT2D eigenvalue weighted by Crippen LogP contribution is -2.45. The highest BCUT2D eigenvalue weighted by atomic mass is 35.5. The topological polar surface area (TPSA) is 15.3 Å². The summed E-state index contributed by atoms with van der Waals surface area (Å²) in [6.45, 7) is 3.28. The summed E-state index contributed by atoms with van der Waals surface area (Å²) in [5.41, 5.74) is 1.94. The first-order valence-electron chi connectivity index (χ1n) is 7.17. The van der Waals surface area contributed by atoms with E-state index in [9.17, 15) is 4.39 Å². The number of rotatable bonds is 3. The molecule has 2 aromatic carbocycles. The summed E-state index contributed by atoms with van der Waals surface area (Å²) in [4.78, 5) is 2.27. The molecule has 0 radical (unpaired) electrons. The third-order valence-electron chi connectivity index (χ3n) is 3.86. The standard InChI is InChI=1S/C17H18ClFN2/c18-15-6-7-16(19)14(10-15)11-21-9-8-20-17(12-21)13-4-2-1-3-5-13/h1-7,10,17,20H,8-9,11-12H2. The SMILES string of the molecule is Fc1ccc(Cl)cc1CN1CCNC(c2ccccc2)C1. The summed E-state index contributed by atoms with van der Waals surface area (Å²) in [5, 5.41) is 4.10. The van der Waals surface area contributed by atoms with E-state index in [0.29, 0.717) is 23.2 Å². The van der Waals surface area contributed by atoms with Crippen LogP contribution in [0.15, 0.2) is 48.5 Å². The Morgan fingerprint density at radius 1 is 1.19 bits per heavy atom. The molecule has 4 heteroatoms. The van der Waals surface area contributed by atoms with Crippen molar-refractivity contribution in [3.8, 4) is 0 Å². The molecule has 110 valence electrons. The second-order valence-corrected chi connectivity index (χ2v) is 5.82. The smallest absolute Gasteiger partial charge is 0.127 e. The van der Waals surface area contributed by atoms with Gasteiger partial charge in [0.25, 0.3) is 0 Å². The van der Waals surface area contributed by atoms with Crippen molar-refractivity contribution < 1.29 is 4.39 Å². The largest absolute Gasteiger partial charge is 0.308 e. The van der Waals surface area contributed by atoms with Gasteiger partial charge in [0.15, 0.2) is 0 Å². The van der Waals surface area contributed by atoms with Crippen molar-refractivity contribution in [2.24, 2.45) is 0 Å². The van der Waals surface area contributed by atoms with Gasteiger partial charge >= 0.3 is 0 Å². The molecule has 1 heterocycles. The van der Waals surface area contributed by atoms with Crippen LogP contribution in [-0.4, -0.2) is 24.5 Å². The maximum absolute atomic E-state index is 13.8. The quantitative estimate of drug-likeness (QED) is 0.931. The Morgan fingerprint density at radius 2 is 2.00 bits per heavy atom. The van der Waals surface area contributed by atoms with E-state index in [1.807, 2.05) is 18.2 Å². The van der Waals surface area contributed by atoms with Gasteiger partial charge in [-0.3, -0.25) is 4.90 Å². The maximum Gasteiger partial charge on any atom is 0.127 e. The molecule has 1 fully saturated rings. The highest BCUT2D eigenvalue weighted by Gasteiger charge is 2.21. The Morgan fingerprint density at radius 3 is 2.81 bits per heavy atom. The van der Waals surface area contributed by atoms with Crippen molar-refractivity contribution in [2.45, 2.75) is 12.6 Å². The summed E-state index contributed by atoms with van der Waals surface area (Å²) >= 11 is 5.96. The summed E-state index contributed by atoms with van der Waals surface area (Å²) < 4.78 is 13.8. The molecule has 0 saturated carbocycles. The normalized spacial score (nSPS) is 19.6. The number of nitrogens with zero attached hydrogens (tertiary/aromatic N) is 1. The van der Waals surface area contributed by atoms with Gasteiger partial charge in [-0.25, -0.2) is 4.39 Å². The Labute approximate surface area is 129 Å². The lowest BCUT2D eigenvalue weighted by Gasteiger charge is -2.34. The highest BCUT2D eigenvalue weighted by molar-refractivity contribution is 6.30. The lowest BCUT2D eigenvalue weighted by molar-refractivity contribution is 0.191. The minimum atomic E-state index is -0.186. The second kappa shape index (κ2) is 6.56. The van der Waals surface area contributed by atoms with Gasteiger partial charge in [-0.1, -0.05) is 41.9 Å². The highest BCUT2D eigenvalue weighted by Crippen LogP contribution is 2.21. The summed E-state index contributed by atoms with van der Waals surface area (Å²) in [5.74, 6) is -0.186. The van der Waals surface area contributed by atoms with Crippen LogP contribution >= 0.6 is 11.6 Å². The fraction of sp³-hybridized carbons (Fsp3) is 0.294. The molecule has 1 unspecified atom stereocenters.